The van der Waals surface area contributed by atoms with Crippen molar-refractivity contribution in [2.24, 2.45) is 11.8 Å². The second-order valence-corrected chi connectivity index (χ2v) is 7.14. The van der Waals surface area contributed by atoms with E-state index < -0.39 is 17.9 Å². The summed E-state index contributed by atoms with van der Waals surface area (Å²) in [5.74, 6) is -1.60. The Morgan fingerprint density at radius 3 is 2.26 bits per heavy atom. The van der Waals surface area contributed by atoms with Gasteiger partial charge in [-0.15, -0.1) is 0 Å². The van der Waals surface area contributed by atoms with Gasteiger partial charge in [0, 0.05) is 32.7 Å². The van der Waals surface area contributed by atoms with Crippen molar-refractivity contribution >= 4 is 11.9 Å². The standard InChI is InChI=1S/C21H32N2O4/c1-4-26-20(24)19(21(25)27-5-2)13-18-14-22(3)11-12-23(16-18)15-17-9-7-6-8-10-17/h6-10,18-19H,4-5,11-16H2,1-3H3. The van der Waals surface area contributed by atoms with E-state index in [0.29, 0.717) is 6.42 Å². The lowest BCUT2D eigenvalue weighted by atomic mass is 9.93. The lowest BCUT2D eigenvalue weighted by molar-refractivity contribution is -0.162. The highest BCUT2D eigenvalue weighted by Gasteiger charge is 2.34. The Morgan fingerprint density at radius 2 is 1.67 bits per heavy atom. The summed E-state index contributed by atoms with van der Waals surface area (Å²) in [7, 11) is 2.09. The maximum absolute atomic E-state index is 12.3. The van der Waals surface area contributed by atoms with E-state index in [9.17, 15) is 9.59 Å². The van der Waals surface area contributed by atoms with E-state index >= 15 is 0 Å². The fourth-order valence-corrected chi connectivity index (χ4v) is 3.60. The van der Waals surface area contributed by atoms with Gasteiger partial charge in [0.15, 0.2) is 5.92 Å². The number of rotatable bonds is 8. The Balaban J connectivity index is 2.07. The molecular formula is C21H32N2O4. The first kappa shape index (κ1) is 21.4. The summed E-state index contributed by atoms with van der Waals surface area (Å²) in [4.78, 5) is 29.3. The van der Waals surface area contributed by atoms with Gasteiger partial charge in [-0.2, -0.15) is 0 Å². The van der Waals surface area contributed by atoms with Gasteiger partial charge in [0.25, 0.3) is 0 Å². The van der Waals surface area contributed by atoms with E-state index in [1.807, 2.05) is 18.2 Å². The molecule has 27 heavy (non-hydrogen) atoms. The Morgan fingerprint density at radius 1 is 1.04 bits per heavy atom. The van der Waals surface area contributed by atoms with Crippen molar-refractivity contribution in [1.82, 2.24) is 9.80 Å². The molecule has 0 saturated carbocycles. The summed E-state index contributed by atoms with van der Waals surface area (Å²) in [5.41, 5.74) is 1.27. The summed E-state index contributed by atoms with van der Waals surface area (Å²) >= 11 is 0. The summed E-state index contributed by atoms with van der Waals surface area (Å²) in [5, 5.41) is 0. The van der Waals surface area contributed by atoms with E-state index in [1.54, 1.807) is 13.8 Å². The molecule has 2 rings (SSSR count). The van der Waals surface area contributed by atoms with Crippen LogP contribution in [0.2, 0.25) is 0 Å². The van der Waals surface area contributed by atoms with E-state index in [1.165, 1.54) is 5.56 Å². The van der Waals surface area contributed by atoms with Crippen LogP contribution < -0.4 is 0 Å². The Kier molecular flexibility index (Phi) is 8.75. The third kappa shape index (κ3) is 6.96. The predicted octanol–water partition coefficient (Wildman–Crippen LogP) is 2.18. The monoisotopic (exact) mass is 376 g/mol. The zero-order chi connectivity index (χ0) is 19.6. The van der Waals surface area contributed by atoms with Crippen LogP contribution in [0.5, 0.6) is 0 Å². The number of hydrogen-bond donors (Lipinski definition) is 0. The number of carbonyl (C=O) groups excluding carboxylic acids is 2. The molecule has 1 aromatic carbocycles. The van der Waals surface area contributed by atoms with Gasteiger partial charge in [0.2, 0.25) is 0 Å². The molecule has 1 atom stereocenters. The Hall–Kier alpha value is -1.92. The zero-order valence-corrected chi connectivity index (χ0v) is 16.7. The lowest BCUT2D eigenvalue weighted by Crippen LogP contribution is -2.35. The van der Waals surface area contributed by atoms with Crippen molar-refractivity contribution in [3.63, 3.8) is 0 Å². The number of esters is 2. The average Bonchev–Trinajstić information content (AvgIpc) is 2.82. The van der Waals surface area contributed by atoms with Gasteiger partial charge in [0.05, 0.1) is 13.2 Å². The largest absolute Gasteiger partial charge is 0.465 e. The SMILES string of the molecule is CCOC(=O)C(CC1CN(C)CCN(Cc2ccccc2)C1)C(=O)OCC. The van der Waals surface area contributed by atoms with Crippen LogP contribution in [0.15, 0.2) is 30.3 Å². The van der Waals surface area contributed by atoms with Crippen LogP contribution >= 0.6 is 0 Å². The highest BCUT2D eigenvalue weighted by Crippen LogP contribution is 2.21. The summed E-state index contributed by atoms with van der Waals surface area (Å²) in [6.45, 7) is 8.52. The van der Waals surface area contributed by atoms with Crippen molar-refractivity contribution in [3.05, 3.63) is 35.9 Å². The van der Waals surface area contributed by atoms with Crippen molar-refractivity contribution in [2.75, 3.05) is 46.4 Å². The van der Waals surface area contributed by atoms with Crippen molar-refractivity contribution in [2.45, 2.75) is 26.8 Å². The number of carbonyl (C=O) groups is 2. The van der Waals surface area contributed by atoms with Crippen LogP contribution in [-0.4, -0.2) is 68.2 Å². The van der Waals surface area contributed by atoms with E-state index in [4.69, 9.17) is 9.47 Å². The fraction of sp³-hybridized carbons (Fsp3) is 0.619. The quantitative estimate of drug-likeness (QED) is 0.512. The number of nitrogens with zero attached hydrogens (tertiary/aromatic N) is 2. The molecule has 1 aliphatic heterocycles. The lowest BCUT2D eigenvalue weighted by Gasteiger charge is -2.26. The smallest absolute Gasteiger partial charge is 0.320 e. The first-order valence-electron chi connectivity index (χ1n) is 9.81. The van der Waals surface area contributed by atoms with Gasteiger partial charge in [-0.3, -0.25) is 14.5 Å². The molecule has 1 unspecified atom stereocenters. The molecule has 6 nitrogen and oxygen atoms in total. The summed E-state index contributed by atoms with van der Waals surface area (Å²) in [6.07, 6.45) is 0.452. The van der Waals surface area contributed by atoms with Gasteiger partial charge in [0.1, 0.15) is 0 Å². The van der Waals surface area contributed by atoms with Crippen LogP contribution in [0, 0.1) is 11.8 Å². The molecule has 0 amide bonds. The van der Waals surface area contributed by atoms with Crippen LogP contribution in [0.25, 0.3) is 0 Å². The topological polar surface area (TPSA) is 59.1 Å². The van der Waals surface area contributed by atoms with Crippen LogP contribution in [0.1, 0.15) is 25.8 Å². The molecule has 1 aromatic rings. The number of likely N-dealkylation sites (N-methyl/N-ethyl adjacent to an activating group) is 1. The Bertz CT molecular complexity index is 575. The molecule has 0 aliphatic carbocycles. The summed E-state index contributed by atoms with van der Waals surface area (Å²) < 4.78 is 10.3. The molecule has 1 aliphatic rings. The third-order valence-electron chi connectivity index (χ3n) is 4.84. The van der Waals surface area contributed by atoms with Crippen molar-refractivity contribution in [1.29, 1.82) is 0 Å². The van der Waals surface area contributed by atoms with Crippen molar-refractivity contribution in [3.8, 4) is 0 Å². The van der Waals surface area contributed by atoms with Crippen molar-refractivity contribution < 1.29 is 19.1 Å². The van der Waals surface area contributed by atoms with E-state index in [-0.39, 0.29) is 19.1 Å². The average molecular weight is 376 g/mol. The number of hydrogen-bond acceptors (Lipinski definition) is 6. The molecule has 1 fully saturated rings. The molecule has 1 heterocycles. The molecule has 150 valence electrons. The molecule has 0 spiro atoms. The normalized spacial score (nSPS) is 18.9. The molecule has 0 N–H and O–H groups in total. The fourth-order valence-electron chi connectivity index (χ4n) is 3.60. The van der Waals surface area contributed by atoms with Crippen LogP contribution in [0.3, 0.4) is 0 Å². The van der Waals surface area contributed by atoms with Crippen LogP contribution in [-0.2, 0) is 25.6 Å². The van der Waals surface area contributed by atoms with Gasteiger partial charge >= 0.3 is 11.9 Å². The maximum atomic E-state index is 12.3. The van der Waals surface area contributed by atoms with Gasteiger partial charge in [-0.1, -0.05) is 30.3 Å². The second kappa shape index (κ2) is 11.0. The number of ether oxygens (including phenoxy) is 2. The Labute approximate surface area is 162 Å². The molecule has 6 heteroatoms. The van der Waals surface area contributed by atoms with E-state index in [2.05, 4.69) is 29.0 Å². The first-order chi connectivity index (χ1) is 13.0. The molecule has 0 radical (unpaired) electrons. The van der Waals surface area contributed by atoms with E-state index in [0.717, 1.165) is 32.7 Å². The van der Waals surface area contributed by atoms with Crippen LogP contribution in [0.4, 0.5) is 0 Å². The van der Waals surface area contributed by atoms with Gasteiger partial charge < -0.3 is 14.4 Å². The first-order valence-corrected chi connectivity index (χ1v) is 9.81. The third-order valence-corrected chi connectivity index (χ3v) is 4.84. The highest BCUT2D eigenvalue weighted by molar-refractivity contribution is 5.94. The van der Waals surface area contributed by atoms with Gasteiger partial charge in [-0.05, 0) is 38.8 Å². The minimum Gasteiger partial charge on any atom is -0.465 e. The highest BCUT2D eigenvalue weighted by atomic mass is 16.6. The minimum atomic E-state index is -0.847. The van der Waals surface area contributed by atoms with Gasteiger partial charge in [-0.25, -0.2) is 0 Å². The molecular weight excluding hydrogens is 344 g/mol. The number of benzene rings is 1. The molecule has 0 aromatic heterocycles. The zero-order valence-electron chi connectivity index (χ0n) is 16.7. The summed E-state index contributed by atoms with van der Waals surface area (Å²) in [6, 6.07) is 10.4. The molecule has 0 bridgehead atoms. The predicted molar refractivity (Wildman–Crippen MR) is 104 cm³/mol. The maximum Gasteiger partial charge on any atom is 0.320 e. The minimum absolute atomic E-state index is 0.194. The second-order valence-electron chi connectivity index (χ2n) is 7.14. The molecule has 1 saturated heterocycles.